The third-order valence-corrected chi connectivity index (χ3v) is 4.97. The number of rotatable bonds is 3. The summed E-state index contributed by atoms with van der Waals surface area (Å²) in [4.78, 5) is 14.8. The Morgan fingerprint density at radius 1 is 1.17 bits per heavy atom. The van der Waals surface area contributed by atoms with E-state index in [1.54, 1.807) is 23.1 Å². The summed E-state index contributed by atoms with van der Waals surface area (Å²) in [6, 6.07) is 15.8. The fourth-order valence-corrected chi connectivity index (χ4v) is 3.86. The zero-order chi connectivity index (χ0) is 16.4. The van der Waals surface area contributed by atoms with Gasteiger partial charge in [-0.05, 0) is 36.3 Å². The van der Waals surface area contributed by atoms with Crippen molar-refractivity contribution < 1.29 is 9.18 Å². The smallest absolute Gasteiger partial charge is 0.266 e. The molecule has 1 atom stereocenters. The van der Waals surface area contributed by atoms with Gasteiger partial charge in [-0.25, -0.2) is 4.39 Å². The van der Waals surface area contributed by atoms with Crippen LogP contribution in [0.25, 0.3) is 6.08 Å². The first kappa shape index (κ1) is 15.9. The first-order valence-electron chi connectivity index (χ1n) is 7.14. The highest BCUT2D eigenvalue weighted by Gasteiger charge is 2.35. The van der Waals surface area contributed by atoms with Gasteiger partial charge >= 0.3 is 0 Å². The number of thiocarbonyl (C=S) groups is 1. The van der Waals surface area contributed by atoms with Crippen LogP contribution in [0.1, 0.15) is 24.1 Å². The summed E-state index contributed by atoms with van der Waals surface area (Å²) in [5.41, 5.74) is 1.67. The number of benzene rings is 2. The van der Waals surface area contributed by atoms with Crippen molar-refractivity contribution in [2.45, 2.75) is 13.0 Å². The van der Waals surface area contributed by atoms with Crippen molar-refractivity contribution in [1.29, 1.82) is 0 Å². The van der Waals surface area contributed by atoms with Crippen LogP contribution in [0.5, 0.6) is 0 Å². The molecule has 1 aliphatic heterocycles. The Bertz CT molecular complexity index is 789. The van der Waals surface area contributed by atoms with Gasteiger partial charge in [-0.2, -0.15) is 0 Å². The molecule has 1 fully saturated rings. The lowest BCUT2D eigenvalue weighted by Crippen LogP contribution is -2.30. The number of thioether (sulfide) groups is 1. The van der Waals surface area contributed by atoms with Crippen LogP contribution in [-0.4, -0.2) is 15.1 Å². The van der Waals surface area contributed by atoms with Crippen molar-refractivity contribution in [3.63, 3.8) is 0 Å². The molecule has 2 aromatic carbocycles. The van der Waals surface area contributed by atoms with Gasteiger partial charge in [0.15, 0.2) is 0 Å². The number of amides is 1. The highest BCUT2D eigenvalue weighted by molar-refractivity contribution is 8.26. The fourth-order valence-electron chi connectivity index (χ4n) is 2.44. The van der Waals surface area contributed by atoms with Crippen molar-refractivity contribution in [2.75, 3.05) is 0 Å². The van der Waals surface area contributed by atoms with E-state index in [1.807, 2.05) is 37.3 Å². The van der Waals surface area contributed by atoms with Crippen LogP contribution < -0.4 is 0 Å². The van der Waals surface area contributed by atoms with Crippen LogP contribution >= 0.6 is 24.0 Å². The molecule has 1 amide bonds. The highest BCUT2D eigenvalue weighted by Crippen LogP contribution is 2.37. The molecule has 1 heterocycles. The van der Waals surface area contributed by atoms with Crippen molar-refractivity contribution >= 4 is 40.3 Å². The molecule has 0 radical (unpaired) electrons. The van der Waals surface area contributed by atoms with Crippen molar-refractivity contribution in [3.8, 4) is 0 Å². The highest BCUT2D eigenvalue weighted by atomic mass is 32.2. The number of carbonyl (C=O) groups is 1. The molecule has 23 heavy (non-hydrogen) atoms. The maximum atomic E-state index is 13.3. The fraction of sp³-hybridized carbons (Fsp3) is 0.111. The Morgan fingerprint density at radius 2 is 1.91 bits per heavy atom. The van der Waals surface area contributed by atoms with Crippen molar-refractivity contribution in [2.24, 2.45) is 0 Å². The summed E-state index contributed by atoms with van der Waals surface area (Å²) in [6.07, 6.45) is 1.68. The number of hydrogen-bond donors (Lipinski definition) is 0. The van der Waals surface area contributed by atoms with Gasteiger partial charge in [-0.1, -0.05) is 66.4 Å². The summed E-state index contributed by atoms with van der Waals surface area (Å²) >= 11 is 6.62. The second kappa shape index (κ2) is 6.64. The van der Waals surface area contributed by atoms with E-state index in [0.717, 1.165) is 5.56 Å². The van der Waals surface area contributed by atoms with E-state index >= 15 is 0 Å². The standard InChI is InChI=1S/C18H14FNOS2/c1-12(14-7-3-2-4-8-14)20-17(21)16(23-18(20)22)11-13-6-5-9-15(19)10-13/h2-12H,1H3. The Labute approximate surface area is 144 Å². The molecule has 1 unspecified atom stereocenters. The molecule has 1 aliphatic rings. The Kier molecular flexibility index (Phi) is 4.59. The monoisotopic (exact) mass is 343 g/mol. The summed E-state index contributed by atoms with van der Waals surface area (Å²) < 4.78 is 13.8. The molecule has 0 spiro atoms. The SMILES string of the molecule is CC(c1ccccc1)N1C(=O)C(=Cc2cccc(F)c2)SC1=S. The van der Waals surface area contributed by atoms with E-state index in [4.69, 9.17) is 12.2 Å². The zero-order valence-electron chi connectivity index (χ0n) is 12.4. The van der Waals surface area contributed by atoms with Crippen LogP contribution in [0.2, 0.25) is 0 Å². The molecule has 0 aliphatic carbocycles. The second-order valence-electron chi connectivity index (χ2n) is 5.19. The molecule has 0 bridgehead atoms. The summed E-state index contributed by atoms with van der Waals surface area (Å²) in [5, 5.41) is 0. The minimum atomic E-state index is -0.327. The molecule has 116 valence electrons. The molecule has 3 rings (SSSR count). The lowest BCUT2D eigenvalue weighted by molar-refractivity contribution is -0.123. The third-order valence-electron chi connectivity index (χ3n) is 3.64. The number of carbonyl (C=O) groups excluding carboxylic acids is 1. The third kappa shape index (κ3) is 3.35. The normalized spacial score (nSPS) is 17.8. The van der Waals surface area contributed by atoms with Gasteiger partial charge in [0.1, 0.15) is 10.1 Å². The van der Waals surface area contributed by atoms with Gasteiger partial charge in [-0.15, -0.1) is 0 Å². The van der Waals surface area contributed by atoms with Crippen molar-refractivity contribution in [1.82, 2.24) is 4.90 Å². The maximum Gasteiger partial charge on any atom is 0.266 e. The van der Waals surface area contributed by atoms with E-state index in [-0.39, 0.29) is 17.8 Å². The molecule has 0 aromatic heterocycles. The van der Waals surface area contributed by atoms with E-state index in [9.17, 15) is 9.18 Å². The molecule has 1 saturated heterocycles. The Hall–Kier alpha value is -1.98. The first-order chi connectivity index (χ1) is 11.1. The Morgan fingerprint density at radius 3 is 2.61 bits per heavy atom. The average molecular weight is 343 g/mol. The predicted molar refractivity (Wildman–Crippen MR) is 96.3 cm³/mol. The van der Waals surface area contributed by atoms with Crippen LogP contribution in [0.4, 0.5) is 4.39 Å². The zero-order valence-corrected chi connectivity index (χ0v) is 14.0. The number of nitrogens with zero attached hydrogens (tertiary/aromatic N) is 1. The van der Waals surface area contributed by atoms with Gasteiger partial charge < -0.3 is 0 Å². The summed E-state index contributed by atoms with van der Waals surface area (Å²) in [7, 11) is 0. The maximum absolute atomic E-state index is 13.3. The van der Waals surface area contributed by atoms with Gasteiger partial charge in [0.2, 0.25) is 0 Å². The Balaban J connectivity index is 1.88. The number of hydrogen-bond acceptors (Lipinski definition) is 3. The molecular formula is C18H14FNOS2. The first-order valence-corrected chi connectivity index (χ1v) is 8.36. The van der Waals surface area contributed by atoms with Gasteiger partial charge in [0.25, 0.3) is 5.91 Å². The van der Waals surface area contributed by atoms with E-state index in [2.05, 4.69) is 0 Å². The van der Waals surface area contributed by atoms with E-state index in [1.165, 1.54) is 23.9 Å². The molecular weight excluding hydrogens is 329 g/mol. The molecule has 5 heteroatoms. The van der Waals surface area contributed by atoms with Gasteiger partial charge in [0, 0.05) is 0 Å². The molecule has 2 nitrogen and oxygen atoms in total. The van der Waals surface area contributed by atoms with Crippen LogP contribution in [-0.2, 0) is 4.79 Å². The topological polar surface area (TPSA) is 20.3 Å². The minimum absolute atomic E-state index is 0.137. The average Bonchev–Trinajstić information content (AvgIpc) is 2.81. The predicted octanol–water partition coefficient (Wildman–Crippen LogP) is 4.79. The lowest BCUT2D eigenvalue weighted by atomic mass is 10.1. The quantitative estimate of drug-likeness (QED) is 0.590. The molecule has 2 aromatic rings. The summed E-state index contributed by atoms with van der Waals surface area (Å²) in [5.74, 6) is -0.465. The van der Waals surface area contributed by atoms with E-state index < -0.39 is 0 Å². The van der Waals surface area contributed by atoms with Crippen LogP contribution in [0.15, 0.2) is 59.5 Å². The second-order valence-corrected chi connectivity index (χ2v) is 6.87. The van der Waals surface area contributed by atoms with Gasteiger partial charge in [0.05, 0.1) is 10.9 Å². The molecule has 0 saturated carbocycles. The van der Waals surface area contributed by atoms with E-state index in [0.29, 0.717) is 14.8 Å². The van der Waals surface area contributed by atoms with Crippen LogP contribution in [0.3, 0.4) is 0 Å². The van der Waals surface area contributed by atoms with Gasteiger partial charge in [-0.3, -0.25) is 9.69 Å². The molecule has 0 N–H and O–H groups in total. The van der Waals surface area contributed by atoms with Crippen LogP contribution in [0, 0.1) is 5.82 Å². The lowest BCUT2D eigenvalue weighted by Gasteiger charge is -2.23. The summed E-state index contributed by atoms with van der Waals surface area (Å²) in [6.45, 7) is 1.95. The van der Waals surface area contributed by atoms with Crippen molar-refractivity contribution in [3.05, 3.63) is 76.4 Å². The number of halogens is 1. The largest absolute Gasteiger partial charge is 0.286 e. The minimum Gasteiger partial charge on any atom is -0.286 e.